The molecule has 0 bridgehead atoms. The molecule has 0 aromatic rings. The lowest BCUT2D eigenvalue weighted by Gasteiger charge is -2.25. The van der Waals surface area contributed by atoms with Crippen LogP contribution in [0.15, 0.2) is 0 Å². The zero-order valence-corrected chi connectivity index (χ0v) is 13.3. The van der Waals surface area contributed by atoms with E-state index in [9.17, 15) is 18.0 Å². The van der Waals surface area contributed by atoms with E-state index in [1.807, 2.05) is 0 Å². The maximum absolute atomic E-state index is 11.8. The van der Waals surface area contributed by atoms with Gasteiger partial charge in [-0.05, 0) is 26.7 Å². The average molecular weight is 323 g/mol. The van der Waals surface area contributed by atoms with Crippen molar-refractivity contribution in [1.29, 1.82) is 0 Å². The molecule has 0 saturated carbocycles. The number of hydrogen-bond acceptors (Lipinski definition) is 5. The monoisotopic (exact) mass is 323 g/mol. The van der Waals surface area contributed by atoms with Crippen molar-refractivity contribution in [3.05, 3.63) is 0 Å². The standard InChI is InChI=1S/C12H21NO5S2/c1-12(2,5-3-11(15)16)13-10(14)7-19-9-4-6-20(17,18)8-9/h9H,3-8H2,1-2H3,(H,13,14)(H,15,16). The van der Waals surface area contributed by atoms with E-state index in [0.29, 0.717) is 12.8 Å². The van der Waals surface area contributed by atoms with Crippen LogP contribution >= 0.6 is 11.8 Å². The number of rotatable bonds is 7. The molecular weight excluding hydrogens is 302 g/mol. The summed E-state index contributed by atoms with van der Waals surface area (Å²) in [6.45, 7) is 3.55. The fourth-order valence-electron chi connectivity index (χ4n) is 1.98. The number of carbonyl (C=O) groups excluding carboxylic acids is 1. The number of carboxylic acids is 1. The number of thioether (sulfide) groups is 1. The fourth-order valence-corrected chi connectivity index (χ4v) is 5.42. The first-order chi connectivity index (χ1) is 9.10. The summed E-state index contributed by atoms with van der Waals surface area (Å²) in [4.78, 5) is 22.3. The fraction of sp³-hybridized carbons (Fsp3) is 0.833. The van der Waals surface area contributed by atoms with Crippen LogP contribution in [0.25, 0.3) is 0 Å². The Morgan fingerprint density at radius 1 is 1.40 bits per heavy atom. The number of nitrogens with one attached hydrogen (secondary N) is 1. The number of sulfone groups is 1. The molecule has 1 atom stereocenters. The van der Waals surface area contributed by atoms with E-state index in [2.05, 4.69) is 5.32 Å². The quantitative estimate of drug-likeness (QED) is 0.714. The highest BCUT2D eigenvalue weighted by Crippen LogP contribution is 2.24. The SMILES string of the molecule is CC(C)(CCC(=O)O)NC(=O)CSC1CCS(=O)(=O)C1. The van der Waals surface area contributed by atoms with Crippen LogP contribution in [-0.2, 0) is 19.4 Å². The first kappa shape index (κ1) is 17.3. The molecule has 0 aromatic carbocycles. The maximum Gasteiger partial charge on any atom is 0.303 e. The molecule has 1 saturated heterocycles. The smallest absolute Gasteiger partial charge is 0.303 e. The highest BCUT2D eigenvalue weighted by Gasteiger charge is 2.29. The van der Waals surface area contributed by atoms with Gasteiger partial charge in [0.25, 0.3) is 0 Å². The van der Waals surface area contributed by atoms with Crippen LogP contribution in [0.5, 0.6) is 0 Å². The van der Waals surface area contributed by atoms with Gasteiger partial charge in [-0.3, -0.25) is 9.59 Å². The predicted molar refractivity (Wildman–Crippen MR) is 78.6 cm³/mol. The number of carboxylic acid groups (broad SMARTS) is 1. The van der Waals surface area contributed by atoms with Gasteiger partial charge in [0.05, 0.1) is 17.3 Å². The zero-order chi connectivity index (χ0) is 15.4. The van der Waals surface area contributed by atoms with Gasteiger partial charge in [0.15, 0.2) is 9.84 Å². The van der Waals surface area contributed by atoms with E-state index in [-0.39, 0.29) is 34.8 Å². The van der Waals surface area contributed by atoms with Gasteiger partial charge >= 0.3 is 5.97 Å². The van der Waals surface area contributed by atoms with Crippen LogP contribution in [-0.4, -0.2) is 53.4 Å². The molecule has 1 aliphatic rings. The number of carbonyl (C=O) groups is 2. The Bertz CT molecular complexity index is 472. The van der Waals surface area contributed by atoms with Crippen molar-refractivity contribution in [3.63, 3.8) is 0 Å². The molecule has 0 radical (unpaired) electrons. The minimum absolute atomic E-state index is 0.00128. The van der Waals surface area contributed by atoms with Crippen LogP contribution in [0.4, 0.5) is 0 Å². The summed E-state index contributed by atoms with van der Waals surface area (Å²) < 4.78 is 22.6. The Morgan fingerprint density at radius 3 is 2.55 bits per heavy atom. The summed E-state index contributed by atoms with van der Waals surface area (Å²) in [5, 5.41) is 11.4. The molecule has 0 aliphatic carbocycles. The topological polar surface area (TPSA) is 101 Å². The minimum Gasteiger partial charge on any atom is -0.481 e. The van der Waals surface area contributed by atoms with E-state index in [1.54, 1.807) is 13.8 Å². The maximum atomic E-state index is 11.8. The molecule has 2 N–H and O–H groups in total. The summed E-state index contributed by atoms with van der Waals surface area (Å²) in [5.74, 6) is -0.520. The lowest BCUT2D eigenvalue weighted by Crippen LogP contribution is -2.44. The van der Waals surface area contributed by atoms with Crippen molar-refractivity contribution < 1.29 is 23.1 Å². The Morgan fingerprint density at radius 2 is 2.05 bits per heavy atom. The van der Waals surface area contributed by atoms with E-state index in [0.717, 1.165) is 0 Å². The Hall–Kier alpha value is -0.760. The van der Waals surface area contributed by atoms with Crippen molar-refractivity contribution in [1.82, 2.24) is 5.32 Å². The van der Waals surface area contributed by atoms with E-state index < -0.39 is 21.3 Å². The molecular formula is C12H21NO5S2. The second kappa shape index (κ2) is 6.80. The van der Waals surface area contributed by atoms with Crippen LogP contribution in [0.3, 0.4) is 0 Å². The van der Waals surface area contributed by atoms with Crippen molar-refractivity contribution in [2.75, 3.05) is 17.3 Å². The van der Waals surface area contributed by atoms with Gasteiger partial charge in [0.1, 0.15) is 0 Å². The molecule has 20 heavy (non-hydrogen) atoms. The largest absolute Gasteiger partial charge is 0.481 e. The van der Waals surface area contributed by atoms with Crippen molar-refractivity contribution in [2.24, 2.45) is 0 Å². The highest BCUT2D eigenvalue weighted by molar-refractivity contribution is 8.02. The first-order valence-electron chi connectivity index (χ1n) is 6.44. The van der Waals surface area contributed by atoms with Crippen LogP contribution in [0, 0.1) is 0 Å². The molecule has 6 nitrogen and oxygen atoms in total. The molecule has 1 fully saturated rings. The Labute approximate surface area is 123 Å². The highest BCUT2D eigenvalue weighted by atomic mass is 32.2. The molecule has 1 heterocycles. The second-order valence-corrected chi connectivity index (χ2v) is 9.18. The third-order valence-electron chi connectivity index (χ3n) is 3.08. The van der Waals surface area contributed by atoms with Gasteiger partial charge in [-0.1, -0.05) is 0 Å². The van der Waals surface area contributed by atoms with Crippen molar-refractivity contribution >= 4 is 33.5 Å². The molecule has 0 aromatic heterocycles. The van der Waals surface area contributed by atoms with E-state index in [1.165, 1.54) is 11.8 Å². The molecule has 1 aliphatic heterocycles. The lowest BCUT2D eigenvalue weighted by molar-refractivity contribution is -0.137. The van der Waals surface area contributed by atoms with Crippen molar-refractivity contribution in [2.45, 2.75) is 43.9 Å². The number of hydrogen-bond donors (Lipinski definition) is 2. The van der Waals surface area contributed by atoms with E-state index >= 15 is 0 Å². The summed E-state index contributed by atoms with van der Waals surface area (Å²) >= 11 is 1.35. The Balaban J connectivity index is 2.31. The van der Waals surface area contributed by atoms with Gasteiger partial charge < -0.3 is 10.4 Å². The summed E-state index contributed by atoms with van der Waals surface area (Å²) in [5.41, 5.74) is -0.572. The molecule has 8 heteroatoms. The van der Waals surface area contributed by atoms with Gasteiger partial charge in [-0.25, -0.2) is 8.42 Å². The zero-order valence-electron chi connectivity index (χ0n) is 11.7. The van der Waals surface area contributed by atoms with Crippen molar-refractivity contribution in [3.8, 4) is 0 Å². The van der Waals surface area contributed by atoms with Crippen LogP contribution < -0.4 is 5.32 Å². The summed E-state index contributed by atoms with van der Waals surface area (Å²) in [6, 6.07) is 0. The number of amides is 1. The van der Waals surface area contributed by atoms with Gasteiger partial charge in [-0.2, -0.15) is 0 Å². The van der Waals surface area contributed by atoms with E-state index in [4.69, 9.17) is 5.11 Å². The molecule has 1 unspecified atom stereocenters. The summed E-state index contributed by atoms with van der Waals surface area (Å²) in [7, 11) is -2.91. The number of aliphatic carboxylic acids is 1. The molecule has 116 valence electrons. The Kier molecular flexibility index (Phi) is 5.88. The lowest BCUT2D eigenvalue weighted by atomic mass is 9.98. The minimum atomic E-state index is -2.91. The third-order valence-corrected chi connectivity index (χ3v) is 6.36. The van der Waals surface area contributed by atoms with Gasteiger partial charge in [0, 0.05) is 17.2 Å². The summed E-state index contributed by atoms with van der Waals surface area (Å²) in [6.07, 6.45) is 0.959. The molecule has 1 rings (SSSR count). The predicted octanol–water partition coefficient (Wildman–Crippen LogP) is 0.666. The molecule has 1 amide bonds. The first-order valence-corrected chi connectivity index (χ1v) is 9.31. The van der Waals surface area contributed by atoms with Gasteiger partial charge in [-0.15, -0.1) is 11.8 Å². The third kappa shape index (κ3) is 6.60. The normalized spacial score (nSPS) is 21.6. The van der Waals surface area contributed by atoms with Gasteiger partial charge in [0.2, 0.25) is 5.91 Å². The average Bonchev–Trinajstić information content (AvgIpc) is 2.63. The van der Waals surface area contributed by atoms with Crippen LogP contribution in [0.1, 0.15) is 33.1 Å². The van der Waals surface area contributed by atoms with Crippen LogP contribution in [0.2, 0.25) is 0 Å². The molecule has 0 spiro atoms. The second-order valence-electron chi connectivity index (χ2n) is 5.66.